The Morgan fingerprint density at radius 2 is 1.89 bits per heavy atom. The van der Waals surface area contributed by atoms with E-state index in [2.05, 4.69) is 36.2 Å². The molecule has 0 unspecified atom stereocenters. The molecule has 4 heteroatoms. The molecule has 0 bridgehead atoms. The van der Waals surface area contributed by atoms with Crippen molar-refractivity contribution in [2.24, 2.45) is 0 Å². The van der Waals surface area contributed by atoms with Crippen LogP contribution in [0.5, 0.6) is 0 Å². The normalized spacial score (nSPS) is 11.1. The van der Waals surface area contributed by atoms with E-state index in [-0.39, 0.29) is 0 Å². The highest BCUT2D eigenvalue weighted by Gasteiger charge is 2.08. The molecule has 1 aromatic heterocycles. The van der Waals surface area contributed by atoms with Gasteiger partial charge in [0.2, 0.25) is 0 Å². The predicted octanol–water partition coefficient (Wildman–Crippen LogP) is 4.71. The highest BCUT2D eigenvalue weighted by atomic mass is 35.5. The second kappa shape index (κ2) is 4.83. The lowest BCUT2D eigenvalue weighted by molar-refractivity contribution is 0.810. The van der Waals surface area contributed by atoms with Crippen LogP contribution in [-0.2, 0) is 6.54 Å². The minimum atomic E-state index is 0.698. The Morgan fingerprint density at radius 3 is 2.63 bits per heavy atom. The van der Waals surface area contributed by atoms with Crippen molar-refractivity contribution in [1.82, 2.24) is 9.55 Å². The van der Waals surface area contributed by atoms with Crippen molar-refractivity contribution in [3.05, 3.63) is 63.4 Å². The van der Waals surface area contributed by atoms with Gasteiger partial charge in [0.1, 0.15) is 0 Å². The Morgan fingerprint density at radius 1 is 1.16 bits per heavy atom. The number of aryl methyl sites for hydroxylation is 1. The molecule has 0 aliphatic carbocycles. The topological polar surface area (TPSA) is 20.7 Å². The van der Waals surface area contributed by atoms with Crippen LogP contribution in [0.25, 0.3) is 11.0 Å². The van der Waals surface area contributed by atoms with Gasteiger partial charge in [0.05, 0.1) is 22.6 Å². The smallest absolute Gasteiger partial charge is 0.178 e. The largest absolute Gasteiger partial charge is 0.331 e. The zero-order valence-corrected chi connectivity index (χ0v) is 12.1. The molecule has 96 valence electrons. The molecule has 0 atom stereocenters. The van der Waals surface area contributed by atoms with Crippen molar-refractivity contribution in [3.63, 3.8) is 0 Å². The van der Waals surface area contributed by atoms with Crippen molar-refractivity contribution in [2.75, 3.05) is 0 Å². The zero-order valence-electron chi connectivity index (χ0n) is 10.5. The zero-order chi connectivity index (χ0) is 13.4. The molecule has 2 nitrogen and oxygen atoms in total. The van der Waals surface area contributed by atoms with Crippen LogP contribution in [0.2, 0.25) is 5.02 Å². The summed E-state index contributed by atoms with van der Waals surface area (Å²) < 4.78 is 2.74. The maximum atomic E-state index is 6.28. The first-order chi connectivity index (χ1) is 9.15. The van der Waals surface area contributed by atoms with Crippen LogP contribution in [0.3, 0.4) is 0 Å². The van der Waals surface area contributed by atoms with Gasteiger partial charge in [-0.25, -0.2) is 0 Å². The summed E-state index contributed by atoms with van der Waals surface area (Å²) in [6.07, 6.45) is 0. The Labute approximate surface area is 121 Å². The molecule has 1 heterocycles. The highest BCUT2D eigenvalue weighted by Crippen LogP contribution is 2.24. The summed E-state index contributed by atoms with van der Waals surface area (Å²) >= 11 is 11.7. The molecule has 3 rings (SSSR count). The van der Waals surface area contributed by atoms with E-state index in [0.717, 1.165) is 22.6 Å². The number of rotatable bonds is 2. The van der Waals surface area contributed by atoms with Crippen LogP contribution < -0.4 is 0 Å². The maximum Gasteiger partial charge on any atom is 0.178 e. The van der Waals surface area contributed by atoms with Gasteiger partial charge in [-0.1, -0.05) is 47.5 Å². The molecule has 0 aliphatic rings. The number of hydrogen-bond donors (Lipinski definition) is 1. The summed E-state index contributed by atoms with van der Waals surface area (Å²) in [5, 5.41) is 0.719. The Hall–Kier alpha value is -1.58. The standard InChI is InChI=1S/C15H13ClN2S/c1-10-5-7-11(8-6-10)9-18-14-12(16)3-2-4-13(14)17-15(18)19/h2-8H,9H2,1H3,(H,17,19). The van der Waals surface area contributed by atoms with E-state index in [1.165, 1.54) is 11.1 Å². The summed E-state index contributed by atoms with van der Waals surface area (Å²) in [6.45, 7) is 2.81. The van der Waals surface area contributed by atoms with E-state index in [1.54, 1.807) is 0 Å². The third kappa shape index (κ3) is 2.31. The third-order valence-electron chi connectivity index (χ3n) is 3.20. The number of aromatic nitrogens is 2. The first-order valence-electron chi connectivity index (χ1n) is 6.08. The lowest BCUT2D eigenvalue weighted by Crippen LogP contribution is -1.99. The Kier molecular flexibility index (Phi) is 3.17. The predicted molar refractivity (Wildman–Crippen MR) is 82.4 cm³/mol. The Balaban J connectivity index is 2.12. The van der Waals surface area contributed by atoms with E-state index in [0.29, 0.717) is 4.77 Å². The van der Waals surface area contributed by atoms with Gasteiger partial charge in [0, 0.05) is 0 Å². The number of fused-ring (bicyclic) bond motifs is 1. The van der Waals surface area contributed by atoms with Crippen molar-refractivity contribution < 1.29 is 0 Å². The number of para-hydroxylation sites is 1. The Bertz CT molecular complexity index is 784. The quantitative estimate of drug-likeness (QED) is 0.677. The fraction of sp³-hybridized carbons (Fsp3) is 0.133. The summed E-state index contributed by atoms with van der Waals surface area (Å²) in [5.41, 5.74) is 4.41. The number of aromatic amines is 1. The van der Waals surface area contributed by atoms with Gasteiger partial charge in [0.25, 0.3) is 0 Å². The molecule has 2 aromatic carbocycles. The fourth-order valence-electron chi connectivity index (χ4n) is 2.20. The van der Waals surface area contributed by atoms with Gasteiger partial charge in [-0.05, 0) is 36.8 Å². The van der Waals surface area contributed by atoms with Crippen molar-refractivity contribution in [1.29, 1.82) is 0 Å². The third-order valence-corrected chi connectivity index (χ3v) is 3.83. The SMILES string of the molecule is Cc1ccc(Cn2c(=S)[nH]c3cccc(Cl)c32)cc1. The van der Waals surface area contributed by atoms with Crippen LogP contribution in [-0.4, -0.2) is 9.55 Å². The first kappa shape index (κ1) is 12.5. The van der Waals surface area contributed by atoms with Crippen LogP contribution in [0.15, 0.2) is 42.5 Å². The van der Waals surface area contributed by atoms with Crippen LogP contribution in [0.4, 0.5) is 0 Å². The summed E-state index contributed by atoms with van der Waals surface area (Å²) in [4.78, 5) is 3.19. The van der Waals surface area contributed by atoms with Crippen molar-refractivity contribution in [3.8, 4) is 0 Å². The highest BCUT2D eigenvalue weighted by molar-refractivity contribution is 7.71. The van der Waals surface area contributed by atoms with Crippen molar-refractivity contribution in [2.45, 2.75) is 13.5 Å². The van der Waals surface area contributed by atoms with Crippen molar-refractivity contribution >= 4 is 34.9 Å². The van der Waals surface area contributed by atoms with Gasteiger partial charge in [0.15, 0.2) is 4.77 Å². The second-order valence-electron chi connectivity index (χ2n) is 4.64. The number of imidazole rings is 1. The maximum absolute atomic E-state index is 6.28. The number of H-pyrrole nitrogens is 1. The minimum Gasteiger partial charge on any atom is -0.331 e. The number of halogens is 1. The van der Waals surface area contributed by atoms with Gasteiger partial charge >= 0.3 is 0 Å². The van der Waals surface area contributed by atoms with Gasteiger partial charge < -0.3 is 9.55 Å². The van der Waals surface area contributed by atoms with E-state index in [1.807, 2.05) is 22.8 Å². The molecule has 0 spiro atoms. The van der Waals surface area contributed by atoms with E-state index < -0.39 is 0 Å². The lowest BCUT2D eigenvalue weighted by Gasteiger charge is -2.06. The van der Waals surface area contributed by atoms with Gasteiger partial charge in [-0.15, -0.1) is 0 Å². The van der Waals surface area contributed by atoms with E-state index >= 15 is 0 Å². The number of nitrogens with one attached hydrogen (secondary N) is 1. The lowest BCUT2D eigenvalue weighted by atomic mass is 10.1. The minimum absolute atomic E-state index is 0.698. The first-order valence-corrected chi connectivity index (χ1v) is 6.86. The number of nitrogens with zero attached hydrogens (tertiary/aromatic N) is 1. The molecule has 0 amide bonds. The second-order valence-corrected chi connectivity index (χ2v) is 5.43. The van der Waals surface area contributed by atoms with Gasteiger partial charge in [-0.2, -0.15) is 0 Å². The summed E-state index contributed by atoms with van der Waals surface area (Å²) in [6, 6.07) is 14.2. The molecule has 19 heavy (non-hydrogen) atoms. The van der Waals surface area contributed by atoms with E-state index in [9.17, 15) is 0 Å². The van der Waals surface area contributed by atoms with Crippen LogP contribution >= 0.6 is 23.8 Å². The molecule has 0 fully saturated rings. The fourth-order valence-corrected chi connectivity index (χ4v) is 2.74. The average molecular weight is 289 g/mol. The molecule has 0 radical (unpaired) electrons. The molecule has 0 saturated carbocycles. The molecule has 0 saturated heterocycles. The molecule has 1 N–H and O–H groups in total. The van der Waals surface area contributed by atoms with Crippen LogP contribution in [0.1, 0.15) is 11.1 Å². The monoisotopic (exact) mass is 288 g/mol. The molecular formula is C15H13ClN2S. The summed E-state index contributed by atoms with van der Waals surface area (Å²) in [5.74, 6) is 0. The number of benzene rings is 2. The van der Waals surface area contributed by atoms with E-state index in [4.69, 9.17) is 23.8 Å². The number of hydrogen-bond acceptors (Lipinski definition) is 1. The molecular weight excluding hydrogens is 276 g/mol. The molecule has 0 aliphatic heterocycles. The van der Waals surface area contributed by atoms with Crippen LogP contribution in [0, 0.1) is 11.7 Å². The average Bonchev–Trinajstić information content (AvgIpc) is 2.70. The molecule has 3 aromatic rings. The summed E-state index contributed by atoms with van der Waals surface area (Å²) in [7, 11) is 0. The van der Waals surface area contributed by atoms with Gasteiger partial charge in [-0.3, -0.25) is 0 Å².